The number of nitrogens with two attached hydrogens (primary N) is 1. The Balaban J connectivity index is 2.07. The summed E-state index contributed by atoms with van der Waals surface area (Å²) in [5.74, 6) is 1.55. The summed E-state index contributed by atoms with van der Waals surface area (Å²) in [7, 11) is 0. The Bertz CT molecular complexity index is 421. The number of rotatable bonds is 4. The molecule has 18 heavy (non-hydrogen) atoms. The van der Waals surface area contributed by atoms with Gasteiger partial charge in [0.1, 0.15) is 4.99 Å². The highest BCUT2D eigenvalue weighted by Gasteiger charge is 2.21. The van der Waals surface area contributed by atoms with Gasteiger partial charge < -0.3 is 11.1 Å². The lowest BCUT2D eigenvalue weighted by Gasteiger charge is -2.29. The maximum Gasteiger partial charge on any atom is 0.159 e. The van der Waals surface area contributed by atoms with E-state index in [2.05, 4.69) is 22.4 Å². The zero-order valence-electron chi connectivity index (χ0n) is 10.7. The van der Waals surface area contributed by atoms with Crippen molar-refractivity contribution in [2.45, 2.75) is 45.1 Å². The van der Waals surface area contributed by atoms with Gasteiger partial charge in [-0.3, -0.25) is 0 Å². The van der Waals surface area contributed by atoms with E-state index in [-0.39, 0.29) is 0 Å². The molecule has 4 nitrogen and oxygen atoms in total. The first-order valence-electron chi connectivity index (χ1n) is 6.58. The van der Waals surface area contributed by atoms with Crippen LogP contribution < -0.4 is 11.1 Å². The SMILES string of the molecule is CCC1CCCC(Nc2nnccc2C(N)=S)C1. The molecule has 2 unspecified atom stereocenters. The van der Waals surface area contributed by atoms with Gasteiger partial charge in [-0.05, 0) is 24.8 Å². The van der Waals surface area contributed by atoms with Crippen LogP contribution in [0.3, 0.4) is 0 Å². The van der Waals surface area contributed by atoms with Crippen molar-refractivity contribution >= 4 is 23.0 Å². The molecular formula is C13H20N4S. The smallest absolute Gasteiger partial charge is 0.159 e. The number of anilines is 1. The van der Waals surface area contributed by atoms with Crippen LogP contribution in [0, 0.1) is 5.92 Å². The standard InChI is InChI=1S/C13H20N4S/c1-2-9-4-3-5-10(8-9)16-13-11(12(14)18)6-7-15-17-13/h6-7,9-10H,2-5,8H2,1H3,(H2,14,18)(H,16,17). The van der Waals surface area contributed by atoms with Crippen molar-refractivity contribution in [3.8, 4) is 0 Å². The molecule has 2 atom stereocenters. The maximum absolute atomic E-state index is 5.70. The van der Waals surface area contributed by atoms with Crippen LogP contribution in [0.15, 0.2) is 12.3 Å². The Morgan fingerprint density at radius 1 is 1.56 bits per heavy atom. The van der Waals surface area contributed by atoms with Gasteiger partial charge >= 0.3 is 0 Å². The topological polar surface area (TPSA) is 63.8 Å². The molecule has 1 aliphatic carbocycles. The molecule has 98 valence electrons. The Kier molecular flexibility index (Phi) is 4.47. The van der Waals surface area contributed by atoms with Gasteiger partial charge in [0.2, 0.25) is 0 Å². The summed E-state index contributed by atoms with van der Waals surface area (Å²) in [4.78, 5) is 0.371. The second-order valence-electron chi connectivity index (χ2n) is 4.94. The fourth-order valence-corrected chi connectivity index (χ4v) is 2.79. The Labute approximate surface area is 113 Å². The summed E-state index contributed by atoms with van der Waals surface area (Å²) in [6.45, 7) is 2.26. The number of aromatic nitrogens is 2. The molecule has 1 aromatic rings. The third kappa shape index (κ3) is 3.16. The van der Waals surface area contributed by atoms with Crippen LogP contribution in [0.5, 0.6) is 0 Å². The van der Waals surface area contributed by atoms with E-state index in [0.29, 0.717) is 11.0 Å². The molecule has 0 spiro atoms. The zero-order chi connectivity index (χ0) is 13.0. The monoisotopic (exact) mass is 264 g/mol. The van der Waals surface area contributed by atoms with Crippen molar-refractivity contribution in [3.63, 3.8) is 0 Å². The van der Waals surface area contributed by atoms with Crippen molar-refractivity contribution < 1.29 is 0 Å². The first kappa shape index (κ1) is 13.2. The minimum absolute atomic E-state index is 0.371. The van der Waals surface area contributed by atoms with Crippen LogP contribution in [-0.2, 0) is 0 Å². The molecule has 1 heterocycles. The maximum atomic E-state index is 5.70. The lowest BCUT2D eigenvalue weighted by atomic mass is 9.84. The van der Waals surface area contributed by atoms with Crippen molar-refractivity contribution in [2.75, 3.05) is 5.32 Å². The predicted molar refractivity (Wildman–Crippen MR) is 77.6 cm³/mol. The van der Waals surface area contributed by atoms with Crippen molar-refractivity contribution in [1.29, 1.82) is 0 Å². The van der Waals surface area contributed by atoms with Crippen LogP contribution in [0.1, 0.15) is 44.6 Å². The molecule has 1 aromatic heterocycles. The van der Waals surface area contributed by atoms with Gasteiger partial charge in [-0.2, -0.15) is 5.10 Å². The Hall–Kier alpha value is -1.23. The average Bonchev–Trinajstić information content (AvgIpc) is 2.39. The van der Waals surface area contributed by atoms with Crippen molar-refractivity contribution in [1.82, 2.24) is 10.2 Å². The molecule has 1 saturated carbocycles. The van der Waals surface area contributed by atoms with Crippen molar-refractivity contribution in [3.05, 3.63) is 17.8 Å². The molecule has 3 N–H and O–H groups in total. The van der Waals surface area contributed by atoms with Crippen molar-refractivity contribution in [2.24, 2.45) is 11.7 Å². The van der Waals surface area contributed by atoms with Crippen LogP contribution in [0.2, 0.25) is 0 Å². The third-order valence-corrected chi connectivity index (χ3v) is 3.91. The summed E-state index contributed by atoms with van der Waals surface area (Å²) < 4.78 is 0. The predicted octanol–water partition coefficient (Wildman–Crippen LogP) is 2.49. The number of thiocarbonyl (C=S) groups is 1. The summed E-state index contributed by atoms with van der Waals surface area (Å²) >= 11 is 5.03. The number of hydrogen-bond acceptors (Lipinski definition) is 4. The Morgan fingerprint density at radius 2 is 2.39 bits per heavy atom. The second-order valence-corrected chi connectivity index (χ2v) is 5.38. The third-order valence-electron chi connectivity index (χ3n) is 3.69. The molecule has 0 aromatic carbocycles. The number of nitrogens with zero attached hydrogens (tertiary/aromatic N) is 2. The van der Waals surface area contributed by atoms with E-state index in [1.165, 1.54) is 32.1 Å². The van der Waals surface area contributed by atoms with Crippen LogP contribution >= 0.6 is 12.2 Å². The lowest BCUT2D eigenvalue weighted by Crippen LogP contribution is -2.29. The first-order valence-corrected chi connectivity index (χ1v) is 6.99. The highest BCUT2D eigenvalue weighted by Crippen LogP contribution is 2.28. The van der Waals surface area contributed by atoms with Gasteiger partial charge in [0.15, 0.2) is 5.82 Å². The number of nitrogens with one attached hydrogen (secondary N) is 1. The second kappa shape index (κ2) is 6.09. The minimum Gasteiger partial charge on any atom is -0.389 e. The molecule has 0 radical (unpaired) electrons. The summed E-state index contributed by atoms with van der Waals surface area (Å²) in [6.07, 6.45) is 7.88. The summed E-state index contributed by atoms with van der Waals surface area (Å²) in [5, 5.41) is 11.5. The Morgan fingerprint density at radius 3 is 3.11 bits per heavy atom. The van der Waals surface area contributed by atoms with E-state index >= 15 is 0 Å². The molecule has 1 aliphatic rings. The molecule has 2 rings (SSSR count). The van der Waals surface area contributed by atoms with E-state index in [0.717, 1.165) is 17.3 Å². The minimum atomic E-state index is 0.371. The van der Waals surface area contributed by atoms with Crippen LogP contribution in [-0.4, -0.2) is 21.2 Å². The van der Waals surface area contributed by atoms with Gasteiger partial charge in [0.05, 0.1) is 11.8 Å². The fraction of sp³-hybridized carbons (Fsp3) is 0.615. The van der Waals surface area contributed by atoms with Gasteiger partial charge in [-0.1, -0.05) is 38.4 Å². The lowest BCUT2D eigenvalue weighted by molar-refractivity contribution is 0.327. The molecule has 5 heteroatoms. The van der Waals surface area contributed by atoms with E-state index in [1.807, 2.05) is 6.07 Å². The van der Waals surface area contributed by atoms with Crippen LogP contribution in [0.4, 0.5) is 5.82 Å². The van der Waals surface area contributed by atoms with Crippen LogP contribution in [0.25, 0.3) is 0 Å². The van der Waals surface area contributed by atoms with Gasteiger partial charge in [-0.15, -0.1) is 5.10 Å². The molecule has 1 fully saturated rings. The summed E-state index contributed by atoms with van der Waals surface area (Å²) in [6, 6.07) is 2.28. The first-order chi connectivity index (χ1) is 8.70. The van der Waals surface area contributed by atoms with E-state index < -0.39 is 0 Å². The van der Waals surface area contributed by atoms with Gasteiger partial charge in [0, 0.05) is 6.04 Å². The van der Waals surface area contributed by atoms with Gasteiger partial charge in [-0.25, -0.2) is 0 Å². The van der Waals surface area contributed by atoms with E-state index in [1.54, 1.807) is 6.20 Å². The average molecular weight is 264 g/mol. The highest BCUT2D eigenvalue weighted by atomic mass is 32.1. The molecule has 0 bridgehead atoms. The molecule has 0 aliphatic heterocycles. The fourth-order valence-electron chi connectivity index (χ4n) is 2.62. The largest absolute Gasteiger partial charge is 0.389 e. The summed E-state index contributed by atoms with van der Waals surface area (Å²) in [5.41, 5.74) is 6.49. The molecule has 0 amide bonds. The zero-order valence-corrected chi connectivity index (χ0v) is 11.5. The quantitative estimate of drug-likeness (QED) is 0.818. The molecular weight excluding hydrogens is 244 g/mol. The van der Waals surface area contributed by atoms with Gasteiger partial charge in [0.25, 0.3) is 0 Å². The normalized spacial score (nSPS) is 23.6. The van der Waals surface area contributed by atoms with E-state index in [4.69, 9.17) is 18.0 Å². The van der Waals surface area contributed by atoms with E-state index in [9.17, 15) is 0 Å². The number of hydrogen-bond donors (Lipinski definition) is 2. The highest BCUT2D eigenvalue weighted by molar-refractivity contribution is 7.80. The molecule has 0 saturated heterocycles.